The molecule has 14 heavy (non-hydrogen) atoms. The largest absolute Gasteiger partial charge is 0.288 e. The first-order valence-electron chi connectivity index (χ1n) is 5.25. The van der Waals surface area contributed by atoms with Gasteiger partial charge in [0.05, 0.1) is 5.54 Å². The summed E-state index contributed by atoms with van der Waals surface area (Å²) in [6, 6.07) is 0. The fourth-order valence-corrected chi connectivity index (χ4v) is 1.31. The topological polar surface area (TPSA) is 20.3 Å². The SMILES string of the molecule is CC(C)C(=O)C#CC(C)(C)N1CCC1. The smallest absolute Gasteiger partial charge is 0.208 e. The minimum absolute atomic E-state index is 0.0229. The Hall–Kier alpha value is -0.810. The van der Waals surface area contributed by atoms with E-state index in [4.69, 9.17) is 0 Å². The van der Waals surface area contributed by atoms with Gasteiger partial charge >= 0.3 is 0 Å². The Morgan fingerprint density at radius 2 is 1.93 bits per heavy atom. The molecule has 0 bridgehead atoms. The molecule has 0 saturated carbocycles. The third-order valence-electron chi connectivity index (χ3n) is 2.66. The summed E-state index contributed by atoms with van der Waals surface area (Å²) in [4.78, 5) is 13.6. The van der Waals surface area contributed by atoms with Crippen LogP contribution < -0.4 is 0 Å². The van der Waals surface area contributed by atoms with E-state index in [2.05, 4.69) is 30.6 Å². The Balaban J connectivity index is 2.60. The van der Waals surface area contributed by atoms with Crippen LogP contribution in [-0.2, 0) is 4.79 Å². The molecule has 1 heterocycles. The number of hydrogen-bond donors (Lipinski definition) is 0. The van der Waals surface area contributed by atoms with Crippen molar-refractivity contribution < 1.29 is 4.79 Å². The van der Waals surface area contributed by atoms with Gasteiger partial charge in [-0.05, 0) is 26.2 Å². The summed E-state index contributed by atoms with van der Waals surface area (Å²) in [5.41, 5.74) is -0.136. The predicted octanol–water partition coefficient (Wildman–Crippen LogP) is 1.70. The van der Waals surface area contributed by atoms with Gasteiger partial charge < -0.3 is 0 Å². The minimum Gasteiger partial charge on any atom is -0.288 e. The van der Waals surface area contributed by atoms with E-state index < -0.39 is 0 Å². The lowest BCUT2D eigenvalue weighted by molar-refractivity contribution is -0.116. The first kappa shape index (κ1) is 11.3. The maximum Gasteiger partial charge on any atom is 0.208 e. The van der Waals surface area contributed by atoms with Crippen molar-refractivity contribution in [1.29, 1.82) is 0 Å². The molecular formula is C12H19NO. The third-order valence-corrected chi connectivity index (χ3v) is 2.66. The lowest BCUT2D eigenvalue weighted by atomic mass is 9.98. The molecule has 2 nitrogen and oxygen atoms in total. The normalized spacial score (nSPS) is 17.2. The summed E-state index contributed by atoms with van der Waals surface area (Å²) in [6.07, 6.45) is 1.25. The highest BCUT2D eigenvalue weighted by molar-refractivity contribution is 5.97. The molecule has 1 aliphatic rings. The highest BCUT2D eigenvalue weighted by atomic mass is 16.1. The molecule has 0 aliphatic carbocycles. The highest BCUT2D eigenvalue weighted by Crippen LogP contribution is 2.20. The third kappa shape index (κ3) is 2.59. The van der Waals surface area contributed by atoms with Gasteiger partial charge in [0, 0.05) is 19.0 Å². The Labute approximate surface area is 86.7 Å². The summed E-state index contributed by atoms with van der Waals surface area (Å²) < 4.78 is 0. The summed E-state index contributed by atoms with van der Waals surface area (Å²) >= 11 is 0. The zero-order valence-corrected chi connectivity index (χ0v) is 9.55. The number of likely N-dealkylation sites (tertiary alicyclic amines) is 1. The maximum atomic E-state index is 11.3. The molecule has 0 atom stereocenters. The quantitative estimate of drug-likeness (QED) is 0.491. The van der Waals surface area contributed by atoms with Crippen LogP contribution in [0.2, 0.25) is 0 Å². The average molecular weight is 193 g/mol. The summed E-state index contributed by atoms with van der Waals surface area (Å²) in [5, 5.41) is 0. The molecule has 0 aromatic heterocycles. The van der Waals surface area contributed by atoms with Crippen molar-refractivity contribution in [3.8, 4) is 11.8 Å². The van der Waals surface area contributed by atoms with Crippen molar-refractivity contribution in [2.75, 3.05) is 13.1 Å². The van der Waals surface area contributed by atoms with Gasteiger partial charge in [-0.1, -0.05) is 19.8 Å². The lowest BCUT2D eigenvalue weighted by Crippen LogP contribution is -2.50. The van der Waals surface area contributed by atoms with Gasteiger partial charge in [0.1, 0.15) is 0 Å². The van der Waals surface area contributed by atoms with Gasteiger partial charge in [-0.25, -0.2) is 0 Å². The monoisotopic (exact) mass is 193 g/mol. The zero-order chi connectivity index (χ0) is 10.8. The number of ketones is 1. The maximum absolute atomic E-state index is 11.3. The Morgan fingerprint density at radius 1 is 1.36 bits per heavy atom. The molecule has 0 unspecified atom stereocenters. The molecule has 2 heteroatoms. The fourth-order valence-electron chi connectivity index (χ4n) is 1.31. The second kappa shape index (κ2) is 4.14. The fraction of sp³-hybridized carbons (Fsp3) is 0.750. The van der Waals surface area contributed by atoms with E-state index in [0.717, 1.165) is 13.1 Å². The first-order chi connectivity index (χ1) is 6.43. The second-order valence-electron chi connectivity index (χ2n) is 4.67. The number of carbonyl (C=O) groups is 1. The van der Waals surface area contributed by atoms with Crippen molar-refractivity contribution in [1.82, 2.24) is 4.90 Å². The average Bonchev–Trinajstić information content (AvgIpc) is 1.95. The van der Waals surface area contributed by atoms with Crippen molar-refractivity contribution in [2.24, 2.45) is 5.92 Å². The van der Waals surface area contributed by atoms with Crippen LogP contribution in [0.3, 0.4) is 0 Å². The van der Waals surface area contributed by atoms with Gasteiger partial charge in [0.2, 0.25) is 5.78 Å². The van der Waals surface area contributed by atoms with Gasteiger partial charge in [-0.3, -0.25) is 9.69 Å². The number of Topliss-reactive ketones (excluding diaryl/α,β-unsaturated/α-hetero) is 1. The van der Waals surface area contributed by atoms with E-state index in [1.54, 1.807) is 0 Å². The molecule has 1 rings (SSSR count). The number of carbonyl (C=O) groups excluding carboxylic acids is 1. The van der Waals surface area contributed by atoms with Crippen LogP contribution in [0, 0.1) is 17.8 Å². The highest BCUT2D eigenvalue weighted by Gasteiger charge is 2.29. The van der Waals surface area contributed by atoms with Crippen LogP contribution in [0.15, 0.2) is 0 Å². The standard InChI is InChI=1S/C12H19NO/c1-10(2)11(14)6-7-12(3,4)13-8-5-9-13/h10H,5,8-9H2,1-4H3. The molecule has 0 spiro atoms. The van der Waals surface area contributed by atoms with E-state index >= 15 is 0 Å². The first-order valence-corrected chi connectivity index (χ1v) is 5.25. The van der Waals surface area contributed by atoms with Gasteiger partial charge in [-0.2, -0.15) is 0 Å². The molecule has 0 amide bonds. The van der Waals surface area contributed by atoms with Gasteiger partial charge in [0.25, 0.3) is 0 Å². The van der Waals surface area contributed by atoms with Crippen molar-refractivity contribution in [2.45, 2.75) is 39.7 Å². The van der Waals surface area contributed by atoms with Crippen LogP contribution in [0.4, 0.5) is 0 Å². The molecule has 0 radical (unpaired) electrons. The minimum atomic E-state index is -0.136. The zero-order valence-electron chi connectivity index (χ0n) is 9.55. The van der Waals surface area contributed by atoms with E-state index in [9.17, 15) is 4.79 Å². The molecule has 0 N–H and O–H groups in total. The molecule has 0 aromatic rings. The van der Waals surface area contributed by atoms with Crippen LogP contribution in [0.1, 0.15) is 34.1 Å². The van der Waals surface area contributed by atoms with Gasteiger partial charge in [0.15, 0.2) is 0 Å². The molecule has 1 saturated heterocycles. The Morgan fingerprint density at radius 3 is 2.29 bits per heavy atom. The van der Waals surface area contributed by atoms with Gasteiger partial charge in [-0.15, -0.1) is 0 Å². The molecular weight excluding hydrogens is 174 g/mol. The predicted molar refractivity (Wildman–Crippen MR) is 57.9 cm³/mol. The van der Waals surface area contributed by atoms with Crippen LogP contribution in [-0.4, -0.2) is 29.3 Å². The summed E-state index contributed by atoms with van der Waals surface area (Å²) in [7, 11) is 0. The van der Waals surface area contributed by atoms with E-state index in [1.165, 1.54) is 6.42 Å². The molecule has 78 valence electrons. The molecule has 1 fully saturated rings. The molecule has 1 aliphatic heterocycles. The number of nitrogens with zero attached hydrogens (tertiary/aromatic N) is 1. The van der Waals surface area contributed by atoms with Crippen molar-refractivity contribution in [3.63, 3.8) is 0 Å². The molecule has 0 aromatic carbocycles. The Bertz CT molecular complexity index is 276. The number of hydrogen-bond acceptors (Lipinski definition) is 2. The lowest BCUT2D eigenvalue weighted by Gasteiger charge is -2.41. The van der Waals surface area contributed by atoms with E-state index in [-0.39, 0.29) is 17.2 Å². The van der Waals surface area contributed by atoms with E-state index in [1.807, 2.05) is 13.8 Å². The number of rotatable bonds is 2. The van der Waals surface area contributed by atoms with Crippen LogP contribution >= 0.6 is 0 Å². The van der Waals surface area contributed by atoms with Crippen molar-refractivity contribution in [3.05, 3.63) is 0 Å². The summed E-state index contributed by atoms with van der Waals surface area (Å²) in [5.74, 6) is 5.87. The Kier molecular flexibility index (Phi) is 3.34. The van der Waals surface area contributed by atoms with E-state index in [0.29, 0.717) is 0 Å². The second-order valence-corrected chi connectivity index (χ2v) is 4.67. The van der Waals surface area contributed by atoms with Crippen molar-refractivity contribution >= 4 is 5.78 Å². The van der Waals surface area contributed by atoms with Crippen LogP contribution in [0.5, 0.6) is 0 Å². The van der Waals surface area contributed by atoms with Crippen LogP contribution in [0.25, 0.3) is 0 Å². The summed E-state index contributed by atoms with van der Waals surface area (Å²) in [6.45, 7) is 10.1.